The van der Waals surface area contributed by atoms with Crippen LogP contribution in [0.1, 0.15) is 31.9 Å². The molecule has 1 saturated heterocycles. The van der Waals surface area contributed by atoms with Crippen molar-refractivity contribution in [2.45, 2.75) is 38.8 Å². The van der Waals surface area contributed by atoms with Crippen LogP contribution < -0.4 is 5.32 Å². The standard InChI is InChI=1S/C16H27N3O2/c1-3-19(11-14-7-4-5-9-17-14)13-16(20)18(2)12-15-8-6-10-21-15/h6,8,10,14,17H,3-5,7,9,11-13H2,1-2H3. The number of piperidine rings is 1. The number of rotatable bonds is 7. The van der Waals surface area contributed by atoms with E-state index in [1.54, 1.807) is 11.2 Å². The van der Waals surface area contributed by atoms with Crippen LogP contribution in [-0.4, -0.2) is 55.0 Å². The zero-order valence-corrected chi connectivity index (χ0v) is 13.2. The number of hydrogen-bond donors (Lipinski definition) is 1. The molecule has 0 bridgehead atoms. The molecule has 1 aliphatic heterocycles. The van der Waals surface area contributed by atoms with Crippen molar-refractivity contribution in [1.82, 2.24) is 15.1 Å². The molecule has 1 aromatic rings. The maximum Gasteiger partial charge on any atom is 0.236 e. The van der Waals surface area contributed by atoms with Crippen molar-refractivity contribution in [3.8, 4) is 0 Å². The molecule has 1 unspecified atom stereocenters. The quantitative estimate of drug-likeness (QED) is 0.831. The van der Waals surface area contributed by atoms with Crippen LogP contribution in [0.3, 0.4) is 0 Å². The number of nitrogens with one attached hydrogen (secondary N) is 1. The summed E-state index contributed by atoms with van der Waals surface area (Å²) in [4.78, 5) is 16.3. The molecule has 0 aliphatic carbocycles. The second-order valence-electron chi connectivity index (χ2n) is 5.80. The summed E-state index contributed by atoms with van der Waals surface area (Å²) in [6.07, 6.45) is 5.42. The molecule has 1 aromatic heterocycles. The summed E-state index contributed by atoms with van der Waals surface area (Å²) in [5, 5.41) is 3.54. The van der Waals surface area contributed by atoms with Crippen LogP contribution in [0, 0.1) is 0 Å². The third-order valence-electron chi connectivity index (χ3n) is 4.10. The first-order valence-corrected chi connectivity index (χ1v) is 7.91. The van der Waals surface area contributed by atoms with Crippen molar-refractivity contribution in [2.75, 3.05) is 33.2 Å². The van der Waals surface area contributed by atoms with Crippen molar-refractivity contribution in [3.05, 3.63) is 24.2 Å². The van der Waals surface area contributed by atoms with E-state index >= 15 is 0 Å². The van der Waals surface area contributed by atoms with Gasteiger partial charge >= 0.3 is 0 Å². The number of likely N-dealkylation sites (N-methyl/N-ethyl adjacent to an activating group) is 2. The second-order valence-corrected chi connectivity index (χ2v) is 5.80. The van der Waals surface area contributed by atoms with Crippen LogP contribution in [-0.2, 0) is 11.3 Å². The molecule has 1 N–H and O–H groups in total. The molecular weight excluding hydrogens is 266 g/mol. The van der Waals surface area contributed by atoms with E-state index in [4.69, 9.17) is 4.42 Å². The van der Waals surface area contributed by atoms with E-state index in [9.17, 15) is 4.79 Å². The highest BCUT2D eigenvalue weighted by Crippen LogP contribution is 2.09. The first-order chi connectivity index (χ1) is 10.2. The number of nitrogens with zero attached hydrogens (tertiary/aromatic N) is 2. The molecule has 5 heteroatoms. The largest absolute Gasteiger partial charge is 0.467 e. The highest BCUT2D eigenvalue weighted by atomic mass is 16.3. The third-order valence-corrected chi connectivity index (χ3v) is 4.10. The van der Waals surface area contributed by atoms with Gasteiger partial charge in [-0.15, -0.1) is 0 Å². The van der Waals surface area contributed by atoms with Gasteiger partial charge in [0, 0.05) is 19.6 Å². The molecule has 0 aromatic carbocycles. The summed E-state index contributed by atoms with van der Waals surface area (Å²) < 4.78 is 5.29. The van der Waals surface area contributed by atoms with Gasteiger partial charge in [0.05, 0.1) is 19.4 Å². The van der Waals surface area contributed by atoms with E-state index in [2.05, 4.69) is 17.1 Å². The Morgan fingerprint density at radius 3 is 2.95 bits per heavy atom. The predicted molar refractivity (Wildman–Crippen MR) is 82.9 cm³/mol. The van der Waals surface area contributed by atoms with Crippen molar-refractivity contribution in [3.63, 3.8) is 0 Å². The zero-order valence-electron chi connectivity index (χ0n) is 13.2. The summed E-state index contributed by atoms with van der Waals surface area (Å²) >= 11 is 0. The van der Waals surface area contributed by atoms with Gasteiger partial charge in [-0.1, -0.05) is 13.3 Å². The Balaban J connectivity index is 1.78. The average molecular weight is 293 g/mol. The van der Waals surface area contributed by atoms with Crippen LogP contribution in [0.4, 0.5) is 0 Å². The van der Waals surface area contributed by atoms with Gasteiger partial charge < -0.3 is 14.6 Å². The van der Waals surface area contributed by atoms with Crippen LogP contribution in [0.15, 0.2) is 22.8 Å². The van der Waals surface area contributed by atoms with E-state index in [-0.39, 0.29) is 5.91 Å². The lowest BCUT2D eigenvalue weighted by Gasteiger charge is -2.30. The minimum absolute atomic E-state index is 0.143. The van der Waals surface area contributed by atoms with Crippen LogP contribution in [0.25, 0.3) is 0 Å². The molecule has 1 atom stereocenters. The summed E-state index contributed by atoms with van der Waals surface area (Å²) in [6, 6.07) is 4.27. The van der Waals surface area contributed by atoms with Crippen molar-refractivity contribution < 1.29 is 9.21 Å². The fraction of sp³-hybridized carbons (Fsp3) is 0.688. The minimum atomic E-state index is 0.143. The Labute approximate surface area is 127 Å². The Kier molecular flexibility index (Phi) is 6.26. The Bertz CT molecular complexity index is 413. The molecule has 5 nitrogen and oxygen atoms in total. The van der Waals surface area contributed by atoms with Crippen LogP contribution in [0.2, 0.25) is 0 Å². The lowest BCUT2D eigenvalue weighted by Crippen LogP contribution is -2.46. The molecule has 0 radical (unpaired) electrons. The maximum absolute atomic E-state index is 12.3. The van der Waals surface area contributed by atoms with Gasteiger partial charge in [0.2, 0.25) is 5.91 Å². The van der Waals surface area contributed by atoms with Gasteiger partial charge in [-0.3, -0.25) is 9.69 Å². The Morgan fingerprint density at radius 1 is 1.48 bits per heavy atom. The van der Waals surface area contributed by atoms with Gasteiger partial charge in [-0.25, -0.2) is 0 Å². The Hall–Kier alpha value is -1.33. The predicted octanol–water partition coefficient (Wildman–Crippen LogP) is 1.70. The smallest absolute Gasteiger partial charge is 0.236 e. The lowest BCUT2D eigenvalue weighted by atomic mass is 10.0. The second kappa shape index (κ2) is 8.20. The molecule has 21 heavy (non-hydrogen) atoms. The van der Waals surface area contributed by atoms with Gasteiger partial charge in [-0.2, -0.15) is 0 Å². The molecule has 2 rings (SSSR count). The highest BCUT2D eigenvalue weighted by Gasteiger charge is 2.19. The molecular formula is C16H27N3O2. The molecule has 1 fully saturated rings. The number of amides is 1. The number of carbonyl (C=O) groups excluding carboxylic acids is 1. The summed E-state index contributed by atoms with van der Waals surface area (Å²) in [6.45, 7) is 6.09. The molecule has 2 heterocycles. The number of furan rings is 1. The average Bonchev–Trinajstić information content (AvgIpc) is 3.00. The van der Waals surface area contributed by atoms with E-state index < -0.39 is 0 Å². The summed E-state index contributed by atoms with van der Waals surface area (Å²) in [5.41, 5.74) is 0. The summed E-state index contributed by atoms with van der Waals surface area (Å²) in [7, 11) is 1.83. The molecule has 0 spiro atoms. The van der Waals surface area contributed by atoms with Crippen LogP contribution in [0.5, 0.6) is 0 Å². The van der Waals surface area contributed by atoms with E-state index in [1.165, 1.54) is 19.3 Å². The normalized spacial score (nSPS) is 18.9. The lowest BCUT2D eigenvalue weighted by molar-refractivity contribution is -0.131. The molecule has 0 saturated carbocycles. The molecule has 1 amide bonds. The van der Waals surface area contributed by atoms with Gasteiger partial charge in [0.1, 0.15) is 5.76 Å². The SMILES string of the molecule is CCN(CC(=O)N(C)Cc1ccco1)CC1CCCCN1. The first kappa shape index (κ1) is 16.0. The third kappa shape index (κ3) is 5.17. The maximum atomic E-state index is 12.3. The number of carbonyl (C=O) groups is 1. The minimum Gasteiger partial charge on any atom is -0.467 e. The van der Waals surface area contributed by atoms with Crippen molar-refractivity contribution in [2.24, 2.45) is 0 Å². The van der Waals surface area contributed by atoms with E-state index in [0.29, 0.717) is 19.1 Å². The molecule has 118 valence electrons. The van der Waals surface area contributed by atoms with Crippen molar-refractivity contribution >= 4 is 5.91 Å². The van der Waals surface area contributed by atoms with Gasteiger partial charge in [-0.05, 0) is 38.1 Å². The first-order valence-electron chi connectivity index (χ1n) is 7.91. The van der Waals surface area contributed by atoms with Gasteiger partial charge in [0.25, 0.3) is 0 Å². The highest BCUT2D eigenvalue weighted by molar-refractivity contribution is 5.77. The topological polar surface area (TPSA) is 48.7 Å². The van der Waals surface area contributed by atoms with Gasteiger partial charge in [0.15, 0.2) is 0 Å². The number of hydrogen-bond acceptors (Lipinski definition) is 4. The monoisotopic (exact) mass is 293 g/mol. The Morgan fingerprint density at radius 2 is 2.33 bits per heavy atom. The molecule has 1 aliphatic rings. The fourth-order valence-corrected chi connectivity index (χ4v) is 2.73. The summed E-state index contributed by atoms with van der Waals surface area (Å²) in [5.74, 6) is 0.965. The van der Waals surface area contributed by atoms with Crippen molar-refractivity contribution in [1.29, 1.82) is 0 Å². The van der Waals surface area contributed by atoms with Crippen LogP contribution >= 0.6 is 0 Å². The van der Waals surface area contributed by atoms with E-state index in [1.807, 2.05) is 19.2 Å². The van der Waals surface area contributed by atoms with E-state index in [0.717, 1.165) is 25.4 Å². The zero-order chi connectivity index (χ0) is 15.1. The fourth-order valence-electron chi connectivity index (χ4n) is 2.73.